The van der Waals surface area contributed by atoms with Gasteiger partial charge in [-0.05, 0) is 62.1 Å². The van der Waals surface area contributed by atoms with Crippen LogP contribution in [0, 0.1) is 27.7 Å². The molecule has 0 radical (unpaired) electrons. The van der Waals surface area contributed by atoms with Crippen LogP contribution in [0.1, 0.15) is 38.2 Å². The highest BCUT2D eigenvalue weighted by Gasteiger charge is 2.17. The third-order valence-electron chi connectivity index (χ3n) is 3.69. The second kappa shape index (κ2) is 5.49. The summed E-state index contributed by atoms with van der Waals surface area (Å²) in [6, 6.07) is 9.78. The van der Waals surface area contributed by atoms with Crippen LogP contribution in [-0.4, -0.2) is 12.9 Å². The minimum atomic E-state index is 0.0869. The molecule has 0 heterocycles. The van der Waals surface area contributed by atoms with Crippen LogP contribution in [0.4, 0.5) is 0 Å². The molecule has 2 aromatic rings. The Bertz CT molecular complexity index is 649. The molecule has 0 saturated carbocycles. The highest BCUT2D eigenvalue weighted by molar-refractivity contribution is 6.11. The molecular formula is C18H20O2. The Labute approximate surface area is 120 Å². The summed E-state index contributed by atoms with van der Waals surface area (Å²) in [5, 5.41) is 0. The van der Waals surface area contributed by atoms with Crippen molar-refractivity contribution in [3.05, 3.63) is 63.7 Å². The summed E-state index contributed by atoms with van der Waals surface area (Å²) in [5.41, 5.74) is 5.51. The van der Waals surface area contributed by atoms with E-state index >= 15 is 0 Å². The molecular weight excluding hydrogens is 248 g/mol. The molecule has 0 fully saturated rings. The second-order valence-electron chi connectivity index (χ2n) is 5.23. The number of rotatable bonds is 3. The fourth-order valence-electron chi connectivity index (χ4n) is 2.56. The lowest BCUT2D eigenvalue weighted by Gasteiger charge is -2.13. The van der Waals surface area contributed by atoms with Crippen molar-refractivity contribution >= 4 is 5.78 Å². The summed E-state index contributed by atoms with van der Waals surface area (Å²) in [6.45, 7) is 7.86. The fourth-order valence-corrected chi connectivity index (χ4v) is 2.56. The van der Waals surface area contributed by atoms with Crippen LogP contribution in [0.15, 0.2) is 30.3 Å². The van der Waals surface area contributed by atoms with Crippen LogP contribution in [0.5, 0.6) is 5.75 Å². The molecule has 2 aromatic carbocycles. The summed E-state index contributed by atoms with van der Waals surface area (Å²) in [6.07, 6.45) is 0. The van der Waals surface area contributed by atoms with Crippen molar-refractivity contribution in [3.8, 4) is 5.75 Å². The average molecular weight is 268 g/mol. The van der Waals surface area contributed by atoms with Crippen LogP contribution in [0.25, 0.3) is 0 Å². The Kier molecular flexibility index (Phi) is 3.93. The molecule has 0 saturated heterocycles. The third kappa shape index (κ3) is 2.46. The van der Waals surface area contributed by atoms with Crippen molar-refractivity contribution in [1.82, 2.24) is 0 Å². The molecule has 0 amide bonds. The van der Waals surface area contributed by atoms with E-state index < -0.39 is 0 Å². The first-order chi connectivity index (χ1) is 9.45. The van der Waals surface area contributed by atoms with Crippen LogP contribution in [0.2, 0.25) is 0 Å². The molecule has 2 nitrogen and oxygen atoms in total. The Morgan fingerprint density at radius 3 is 2.05 bits per heavy atom. The van der Waals surface area contributed by atoms with E-state index in [0.29, 0.717) is 0 Å². The van der Waals surface area contributed by atoms with Gasteiger partial charge in [-0.2, -0.15) is 0 Å². The van der Waals surface area contributed by atoms with Gasteiger partial charge in [0.25, 0.3) is 0 Å². The maximum absolute atomic E-state index is 12.8. The molecule has 2 heteroatoms. The first-order valence-corrected chi connectivity index (χ1v) is 6.72. The van der Waals surface area contributed by atoms with Gasteiger partial charge >= 0.3 is 0 Å². The standard InChI is InChI=1S/C18H20O2/c1-11-7-6-8-12(2)17(11)18(19)15-9-14(4)16(20-5)10-13(15)3/h6-10H,1-5H3. The Hall–Kier alpha value is -2.09. The number of hydrogen-bond acceptors (Lipinski definition) is 2. The SMILES string of the molecule is COc1cc(C)c(C(=O)c2c(C)cccc2C)cc1C. The van der Waals surface area contributed by atoms with Crippen molar-refractivity contribution in [3.63, 3.8) is 0 Å². The molecule has 0 aliphatic rings. The van der Waals surface area contributed by atoms with Crippen molar-refractivity contribution < 1.29 is 9.53 Å². The van der Waals surface area contributed by atoms with Gasteiger partial charge in [0.15, 0.2) is 5.78 Å². The van der Waals surface area contributed by atoms with Gasteiger partial charge in [0.05, 0.1) is 7.11 Å². The van der Waals surface area contributed by atoms with E-state index in [1.165, 1.54) is 0 Å². The number of methoxy groups -OCH3 is 1. The van der Waals surface area contributed by atoms with E-state index in [2.05, 4.69) is 0 Å². The minimum Gasteiger partial charge on any atom is -0.496 e. The molecule has 0 atom stereocenters. The Morgan fingerprint density at radius 1 is 0.900 bits per heavy atom. The molecule has 0 bridgehead atoms. The smallest absolute Gasteiger partial charge is 0.193 e. The molecule has 0 aliphatic heterocycles. The largest absolute Gasteiger partial charge is 0.496 e. The van der Waals surface area contributed by atoms with Crippen molar-refractivity contribution in [2.24, 2.45) is 0 Å². The van der Waals surface area contributed by atoms with Gasteiger partial charge in [-0.3, -0.25) is 4.79 Å². The highest BCUT2D eigenvalue weighted by atomic mass is 16.5. The number of ketones is 1. The molecule has 2 rings (SSSR count). The third-order valence-corrected chi connectivity index (χ3v) is 3.69. The zero-order valence-electron chi connectivity index (χ0n) is 12.7. The predicted octanol–water partition coefficient (Wildman–Crippen LogP) is 4.16. The quantitative estimate of drug-likeness (QED) is 0.781. The van der Waals surface area contributed by atoms with Crippen LogP contribution in [0.3, 0.4) is 0 Å². The maximum Gasteiger partial charge on any atom is 0.193 e. The van der Waals surface area contributed by atoms with E-state index in [9.17, 15) is 4.79 Å². The molecule has 104 valence electrons. The molecule has 0 aliphatic carbocycles. The number of carbonyl (C=O) groups excluding carboxylic acids is 1. The highest BCUT2D eigenvalue weighted by Crippen LogP contribution is 2.26. The Morgan fingerprint density at radius 2 is 1.50 bits per heavy atom. The summed E-state index contributed by atoms with van der Waals surface area (Å²) in [5.74, 6) is 0.907. The number of aryl methyl sites for hydroxylation is 4. The zero-order chi connectivity index (χ0) is 14.9. The summed E-state index contributed by atoms with van der Waals surface area (Å²) >= 11 is 0. The predicted molar refractivity (Wildman–Crippen MR) is 81.8 cm³/mol. The van der Waals surface area contributed by atoms with E-state index in [1.54, 1.807) is 7.11 Å². The van der Waals surface area contributed by atoms with Crippen molar-refractivity contribution in [1.29, 1.82) is 0 Å². The number of hydrogen-bond donors (Lipinski definition) is 0. The van der Waals surface area contributed by atoms with E-state index in [-0.39, 0.29) is 5.78 Å². The lowest BCUT2D eigenvalue weighted by Crippen LogP contribution is -2.08. The number of benzene rings is 2. The van der Waals surface area contributed by atoms with Gasteiger partial charge in [0.1, 0.15) is 5.75 Å². The first-order valence-electron chi connectivity index (χ1n) is 6.72. The van der Waals surface area contributed by atoms with Crippen molar-refractivity contribution in [2.75, 3.05) is 7.11 Å². The zero-order valence-corrected chi connectivity index (χ0v) is 12.7. The number of carbonyl (C=O) groups is 1. The van der Waals surface area contributed by atoms with Gasteiger partial charge in [-0.25, -0.2) is 0 Å². The number of ether oxygens (including phenoxy) is 1. The first kappa shape index (κ1) is 14.3. The maximum atomic E-state index is 12.8. The summed E-state index contributed by atoms with van der Waals surface area (Å²) < 4.78 is 5.30. The monoisotopic (exact) mass is 268 g/mol. The molecule has 0 unspecified atom stereocenters. The van der Waals surface area contributed by atoms with E-state index in [4.69, 9.17) is 4.74 Å². The summed E-state index contributed by atoms with van der Waals surface area (Å²) in [7, 11) is 1.65. The lowest BCUT2D eigenvalue weighted by molar-refractivity contribution is 0.103. The van der Waals surface area contributed by atoms with Crippen molar-refractivity contribution in [2.45, 2.75) is 27.7 Å². The normalized spacial score (nSPS) is 10.4. The van der Waals surface area contributed by atoms with Crippen LogP contribution in [-0.2, 0) is 0 Å². The lowest BCUT2D eigenvalue weighted by atomic mass is 9.91. The van der Waals surface area contributed by atoms with Crippen LogP contribution < -0.4 is 4.74 Å². The minimum absolute atomic E-state index is 0.0869. The molecule has 0 spiro atoms. The van der Waals surface area contributed by atoms with Gasteiger partial charge < -0.3 is 4.74 Å². The topological polar surface area (TPSA) is 26.3 Å². The van der Waals surface area contributed by atoms with Gasteiger partial charge in [0, 0.05) is 11.1 Å². The van der Waals surface area contributed by atoms with Crippen LogP contribution >= 0.6 is 0 Å². The summed E-state index contributed by atoms with van der Waals surface area (Å²) in [4.78, 5) is 12.8. The molecule has 0 N–H and O–H groups in total. The average Bonchev–Trinajstić information content (AvgIpc) is 2.40. The fraction of sp³-hybridized carbons (Fsp3) is 0.278. The van der Waals surface area contributed by atoms with Gasteiger partial charge in [-0.1, -0.05) is 18.2 Å². The molecule has 0 aromatic heterocycles. The van der Waals surface area contributed by atoms with E-state index in [0.717, 1.165) is 39.1 Å². The molecule has 20 heavy (non-hydrogen) atoms. The second-order valence-corrected chi connectivity index (χ2v) is 5.23. The Balaban J connectivity index is 2.57. The van der Waals surface area contributed by atoms with Gasteiger partial charge in [-0.15, -0.1) is 0 Å². The van der Waals surface area contributed by atoms with Gasteiger partial charge in [0.2, 0.25) is 0 Å². The van der Waals surface area contributed by atoms with E-state index in [1.807, 2.05) is 58.0 Å².